The minimum absolute atomic E-state index is 0.0607. The summed E-state index contributed by atoms with van der Waals surface area (Å²) in [6.07, 6.45) is 10.6. The van der Waals surface area contributed by atoms with Gasteiger partial charge in [0.2, 0.25) is 0 Å². The number of amides is 1. The van der Waals surface area contributed by atoms with E-state index in [1.165, 1.54) is 61.8 Å². The number of allylic oxidation sites excluding steroid dienone is 1. The largest absolute Gasteiger partial charge is 0.322 e. The average Bonchev–Trinajstić information content (AvgIpc) is 2.84. The number of carbonyl (C=O) groups is 1. The quantitative estimate of drug-likeness (QED) is 0.282. The highest BCUT2D eigenvalue weighted by Crippen LogP contribution is 2.39. The van der Waals surface area contributed by atoms with Crippen molar-refractivity contribution in [3.8, 4) is 11.1 Å². The number of carbonyl (C=O) groups excluding carboxylic acids is 1. The molecule has 0 saturated heterocycles. The summed E-state index contributed by atoms with van der Waals surface area (Å²) < 4.78 is 0. The molecule has 1 aliphatic carbocycles. The van der Waals surface area contributed by atoms with Gasteiger partial charge in [0.15, 0.2) is 0 Å². The summed E-state index contributed by atoms with van der Waals surface area (Å²) in [6.45, 7) is 10.6. The molecular weight excluding hydrogens is 422 g/mol. The SMILES string of the molecule is C=C(S/C=C(\C)C(=O)Nc1ccccc1-c1ccc(C)cc1)C1CCC(CCCCC)CC1. The van der Waals surface area contributed by atoms with Gasteiger partial charge in [0.1, 0.15) is 0 Å². The number of hydrogen-bond acceptors (Lipinski definition) is 2. The zero-order chi connectivity index (χ0) is 23.6. The van der Waals surface area contributed by atoms with Gasteiger partial charge in [-0.1, -0.05) is 87.2 Å². The average molecular weight is 462 g/mol. The molecule has 1 aliphatic rings. The summed E-state index contributed by atoms with van der Waals surface area (Å²) in [5, 5.41) is 5.08. The molecule has 1 saturated carbocycles. The highest BCUT2D eigenvalue weighted by molar-refractivity contribution is 8.05. The van der Waals surface area contributed by atoms with Crippen LogP contribution in [0.3, 0.4) is 0 Å². The Morgan fingerprint density at radius 1 is 1.06 bits per heavy atom. The summed E-state index contributed by atoms with van der Waals surface area (Å²) in [4.78, 5) is 14.1. The molecule has 3 heteroatoms. The smallest absolute Gasteiger partial charge is 0.251 e. The lowest BCUT2D eigenvalue weighted by Gasteiger charge is -2.29. The lowest BCUT2D eigenvalue weighted by Crippen LogP contribution is -2.15. The fourth-order valence-electron chi connectivity index (χ4n) is 4.57. The minimum atomic E-state index is -0.0607. The van der Waals surface area contributed by atoms with Crippen molar-refractivity contribution in [1.82, 2.24) is 0 Å². The van der Waals surface area contributed by atoms with Crippen molar-refractivity contribution in [2.75, 3.05) is 5.32 Å². The van der Waals surface area contributed by atoms with Crippen molar-refractivity contribution >= 4 is 23.4 Å². The third-order valence-corrected chi connectivity index (χ3v) is 7.91. The molecule has 1 amide bonds. The summed E-state index contributed by atoms with van der Waals surface area (Å²) in [5.74, 6) is 1.42. The molecule has 176 valence electrons. The van der Waals surface area contributed by atoms with Crippen LogP contribution < -0.4 is 5.32 Å². The van der Waals surface area contributed by atoms with Crippen molar-refractivity contribution in [2.45, 2.75) is 72.1 Å². The third kappa shape index (κ3) is 7.64. The molecule has 0 bridgehead atoms. The second kappa shape index (κ2) is 12.8. The normalized spacial score (nSPS) is 18.7. The van der Waals surface area contributed by atoms with E-state index < -0.39 is 0 Å². The number of rotatable bonds is 10. The van der Waals surface area contributed by atoms with Gasteiger partial charge in [-0.25, -0.2) is 0 Å². The van der Waals surface area contributed by atoms with Crippen molar-refractivity contribution < 1.29 is 4.79 Å². The van der Waals surface area contributed by atoms with Crippen molar-refractivity contribution in [3.63, 3.8) is 0 Å². The van der Waals surface area contributed by atoms with E-state index in [9.17, 15) is 4.79 Å². The maximum atomic E-state index is 12.9. The standard InChI is InChI=1S/C30H39NOS/c1-5-6-7-10-25-15-19-26(20-16-25)24(4)33-21-23(3)30(32)31-29-12-9-8-11-28(29)27-17-13-22(2)14-18-27/h8-9,11-14,17-18,21,25-26H,4-7,10,15-16,19-20H2,1-3H3,(H,31,32)/b23-21+. The summed E-state index contributed by atoms with van der Waals surface area (Å²) in [5.41, 5.74) is 4.91. The monoisotopic (exact) mass is 461 g/mol. The van der Waals surface area contributed by atoms with E-state index >= 15 is 0 Å². The molecular formula is C30H39NOS. The first-order valence-electron chi connectivity index (χ1n) is 12.5. The van der Waals surface area contributed by atoms with E-state index in [4.69, 9.17) is 0 Å². The van der Waals surface area contributed by atoms with Crippen molar-refractivity contribution in [3.05, 3.63) is 76.6 Å². The second-order valence-electron chi connectivity index (χ2n) is 9.46. The molecule has 3 rings (SSSR count). The number of hydrogen-bond donors (Lipinski definition) is 1. The number of unbranched alkanes of at least 4 members (excludes halogenated alkanes) is 2. The number of aryl methyl sites for hydroxylation is 1. The first-order valence-corrected chi connectivity index (χ1v) is 13.4. The Kier molecular flexibility index (Phi) is 9.87. The van der Waals surface area contributed by atoms with Gasteiger partial charge in [-0.3, -0.25) is 4.79 Å². The van der Waals surface area contributed by atoms with E-state index in [1.54, 1.807) is 11.8 Å². The predicted molar refractivity (Wildman–Crippen MR) is 145 cm³/mol. The number of nitrogens with one attached hydrogen (secondary N) is 1. The van der Waals surface area contributed by atoms with Crippen LogP contribution in [0.5, 0.6) is 0 Å². The van der Waals surface area contributed by atoms with Crippen LogP contribution in [0.4, 0.5) is 5.69 Å². The zero-order valence-corrected chi connectivity index (χ0v) is 21.3. The van der Waals surface area contributed by atoms with Crippen molar-refractivity contribution in [1.29, 1.82) is 0 Å². The number of anilines is 1. The number of thioether (sulfide) groups is 1. The molecule has 0 aromatic heterocycles. The predicted octanol–water partition coefficient (Wildman–Crippen LogP) is 9.14. The highest BCUT2D eigenvalue weighted by atomic mass is 32.2. The van der Waals surface area contributed by atoms with Crippen LogP contribution in [0.2, 0.25) is 0 Å². The van der Waals surface area contributed by atoms with Gasteiger partial charge in [0.05, 0.1) is 0 Å². The third-order valence-electron chi connectivity index (χ3n) is 6.80. The number of para-hydroxylation sites is 1. The van der Waals surface area contributed by atoms with Gasteiger partial charge < -0.3 is 5.32 Å². The molecule has 2 aromatic carbocycles. The molecule has 0 aliphatic heterocycles. The highest BCUT2D eigenvalue weighted by Gasteiger charge is 2.23. The van der Waals surface area contributed by atoms with Gasteiger partial charge >= 0.3 is 0 Å². The summed E-state index contributed by atoms with van der Waals surface area (Å²) >= 11 is 1.64. The van der Waals surface area contributed by atoms with E-state index in [0.29, 0.717) is 11.5 Å². The van der Waals surface area contributed by atoms with Crippen molar-refractivity contribution in [2.24, 2.45) is 11.8 Å². The van der Waals surface area contributed by atoms with Crippen LogP contribution in [0.1, 0.15) is 70.8 Å². The molecule has 2 nitrogen and oxygen atoms in total. The second-order valence-corrected chi connectivity index (χ2v) is 10.5. The van der Waals surface area contributed by atoms with E-state index in [1.807, 2.05) is 30.5 Å². The maximum absolute atomic E-state index is 12.9. The molecule has 1 N–H and O–H groups in total. The topological polar surface area (TPSA) is 29.1 Å². The maximum Gasteiger partial charge on any atom is 0.251 e. The van der Waals surface area contributed by atoms with Crippen LogP contribution in [-0.4, -0.2) is 5.91 Å². The van der Waals surface area contributed by atoms with Crippen LogP contribution >= 0.6 is 11.8 Å². The fourth-order valence-corrected chi connectivity index (χ4v) is 5.43. The molecule has 0 atom stereocenters. The lowest BCUT2D eigenvalue weighted by molar-refractivity contribution is -0.112. The molecule has 33 heavy (non-hydrogen) atoms. The Morgan fingerprint density at radius 3 is 2.45 bits per heavy atom. The van der Waals surface area contributed by atoms with E-state index in [-0.39, 0.29) is 5.91 Å². The van der Waals surface area contributed by atoms with Gasteiger partial charge in [-0.05, 0) is 73.3 Å². The molecule has 0 spiro atoms. The number of benzene rings is 2. The van der Waals surface area contributed by atoms with E-state index in [2.05, 4.69) is 56.1 Å². The minimum Gasteiger partial charge on any atom is -0.322 e. The Morgan fingerprint density at radius 2 is 1.76 bits per heavy atom. The Balaban J connectivity index is 1.53. The van der Waals surface area contributed by atoms with Gasteiger partial charge in [-0.15, -0.1) is 11.8 Å². The van der Waals surface area contributed by atoms with Crippen LogP contribution in [-0.2, 0) is 4.79 Å². The molecule has 0 radical (unpaired) electrons. The van der Waals surface area contributed by atoms with Gasteiger partial charge in [0, 0.05) is 16.8 Å². The van der Waals surface area contributed by atoms with Crippen LogP contribution in [0.15, 0.2) is 71.0 Å². The lowest BCUT2D eigenvalue weighted by atomic mass is 9.80. The fraction of sp³-hybridized carbons (Fsp3) is 0.433. The molecule has 0 unspecified atom stereocenters. The summed E-state index contributed by atoms with van der Waals surface area (Å²) in [7, 11) is 0. The Labute approximate surface area is 205 Å². The van der Waals surface area contributed by atoms with Gasteiger partial charge in [0.25, 0.3) is 5.91 Å². The van der Waals surface area contributed by atoms with Crippen LogP contribution in [0.25, 0.3) is 11.1 Å². The summed E-state index contributed by atoms with van der Waals surface area (Å²) in [6, 6.07) is 16.4. The first-order chi connectivity index (χ1) is 16.0. The van der Waals surface area contributed by atoms with Gasteiger partial charge in [-0.2, -0.15) is 0 Å². The zero-order valence-electron chi connectivity index (χ0n) is 20.5. The van der Waals surface area contributed by atoms with E-state index in [0.717, 1.165) is 22.7 Å². The Hall–Kier alpha value is -2.26. The molecule has 1 fully saturated rings. The molecule has 2 aromatic rings. The Bertz CT molecular complexity index is 952. The first kappa shape index (κ1) is 25.4. The van der Waals surface area contributed by atoms with Crippen LogP contribution in [0, 0.1) is 18.8 Å². The molecule has 0 heterocycles.